The van der Waals surface area contributed by atoms with Crippen molar-refractivity contribution in [1.82, 2.24) is 0 Å². The van der Waals surface area contributed by atoms with Crippen molar-refractivity contribution < 1.29 is 22.4 Å². The minimum Gasteiger partial charge on any atom is -0.489 e. The molecular formula is C25H14F2O5. The van der Waals surface area contributed by atoms with Crippen molar-refractivity contribution in [3.8, 4) is 16.9 Å². The van der Waals surface area contributed by atoms with Crippen LogP contribution >= 0.6 is 0 Å². The summed E-state index contributed by atoms with van der Waals surface area (Å²) in [6.07, 6.45) is 0. The molecule has 3 aromatic carbocycles. The Labute approximate surface area is 179 Å². The number of hydrogen-bond acceptors (Lipinski definition) is 5. The lowest BCUT2D eigenvalue weighted by molar-refractivity contribution is 0.292. The third-order valence-electron chi connectivity index (χ3n) is 5.09. The SMILES string of the molecule is O=c1cc(-c2cc3ccccc3oc2=O)c2ccc(OCc3c(F)cccc3F)cc2o1. The van der Waals surface area contributed by atoms with Crippen LogP contribution in [-0.4, -0.2) is 0 Å². The standard InChI is InChI=1S/C25H14F2O5/c26-20-5-3-6-21(27)19(20)13-30-15-8-9-16-17(12-24(28)31-23(16)11-15)18-10-14-4-1-2-7-22(14)32-25(18)29/h1-12H,13H2. The summed E-state index contributed by atoms with van der Waals surface area (Å²) in [7, 11) is 0. The van der Waals surface area contributed by atoms with Crippen LogP contribution in [0.2, 0.25) is 0 Å². The van der Waals surface area contributed by atoms with Crippen LogP contribution < -0.4 is 16.0 Å². The van der Waals surface area contributed by atoms with E-state index in [1.807, 2.05) is 6.07 Å². The molecule has 158 valence electrons. The Morgan fingerprint density at radius 1 is 0.750 bits per heavy atom. The number of fused-ring (bicyclic) bond motifs is 2. The quantitative estimate of drug-likeness (QED) is 0.355. The van der Waals surface area contributed by atoms with Crippen molar-refractivity contribution in [2.75, 3.05) is 0 Å². The van der Waals surface area contributed by atoms with E-state index >= 15 is 0 Å². The summed E-state index contributed by atoms with van der Waals surface area (Å²) in [6.45, 7) is -0.345. The fourth-order valence-electron chi connectivity index (χ4n) is 3.53. The fraction of sp³-hybridized carbons (Fsp3) is 0.0400. The van der Waals surface area contributed by atoms with Crippen LogP contribution in [0.5, 0.6) is 5.75 Å². The summed E-state index contributed by atoms with van der Waals surface area (Å²) < 4.78 is 43.8. The molecule has 0 radical (unpaired) electrons. The highest BCUT2D eigenvalue weighted by atomic mass is 19.1. The molecule has 5 aromatic rings. The van der Waals surface area contributed by atoms with Crippen LogP contribution in [0.3, 0.4) is 0 Å². The van der Waals surface area contributed by atoms with Crippen molar-refractivity contribution >= 4 is 21.9 Å². The maximum Gasteiger partial charge on any atom is 0.344 e. The van der Waals surface area contributed by atoms with Gasteiger partial charge in [0.25, 0.3) is 0 Å². The van der Waals surface area contributed by atoms with Gasteiger partial charge in [-0.15, -0.1) is 0 Å². The Balaban J connectivity index is 1.57. The second kappa shape index (κ2) is 7.77. The van der Waals surface area contributed by atoms with E-state index in [1.165, 1.54) is 18.2 Å². The van der Waals surface area contributed by atoms with Gasteiger partial charge in [0.15, 0.2) is 0 Å². The van der Waals surface area contributed by atoms with Gasteiger partial charge in [0.2, 0.25) is 0 Å². The van der Waals surface area contributed by atoms with Crippen molar-refractivity contribution in [3.05, 3.63) is 111 Å². The Hall–Kier alpha value is -4.26. The average Bonchev–Trinajstić information content (AvgIpc) is 2.77. The molecule has 7 heteroatoms. The maximum absolute atomic E-state index is 13.8. The number of ether oxygens (including phenoxy) is 1. The molecule has 0 N–H and O–H groups in total. The molecule has 5 rings (SSSR count). The molecule has 0 aliphatic carbocycles. The first-order valence-corrected chi connectivity index (χ1v) is 9.66. The van der Waals surface area contributed by atoms with Gasteiger partial charge in [0.05, 0.1) is 11.1 Å². The normalized spacial score (nSPS) is 11.2. The van der Waals surface area contributed by atoms with Crippen molar-refractivity contribution in [2.45, 2.75) is 6.61 Å². The van der Waals surface area contributed by atoms with E-state index < -0.39 is 22.9 Å². The van der Waals surface area contributed by atoms with E-state index in [2.05, 4.69) is 0 Å². The van der Waals surface area contributed by atoms with Gasteiger partial charge >= 0.3 is 11.3 Å². The molecule has 0 spiro atoms. The lowest BCUT2D eigenvalue weighted by atomic mass is 10.0. The van der Waals surface area contributed by atoms with Gasteiger partial charge in [-0.05, 0) is 36.4 Å². The topological polar surface area (TPSA) is 69.7 Å². The molecule has 2 aromatic heterocycles. The second-order valence-corrected chi connectivity index (χ2v) is 7.11. The molecular weight excluding hydrogens is 418 g/mol. The molecule has 0 atom stereocenters. The summed E-state index contributed by atoms with van der Waals surface area (Å²) in [5.74, 6) is -1.20. The van der Waals surface area contributed by atoms with E-state index in [1.54, 1.807) is 36.4 Å². The summed E-state index contributed by atoms with van der Waals surface area (Å²) in [6, 6.07) is 18.1. The summed E-state index contributed by atoms with van der Waals surface area (Å²) in [5, 5.41) is 1.19. The zero-order valence-corrected chi connectivity index (χ0v) is 16.4. The van der Waals surface area contributed by atoms with E-state index in [0.717, 1.165) is 12.1 Å². The van der Waals surface area contributed by atoms with Gasteiger partial charge < -0.3 is 13.6 Å². The van der Waals surface area contributed by atoms with Crippen molar-refractivity contribution in [3.63, 3.8) is 0 Å². The van der Waals surface area contributed by atoms with E-state index in [-0.39, 0.29) is 29.1 Å². The molecule has 2 heterocycles. The van der Waals surface area contributed by atoms with Gasteiger partial charge in [-0.2, -0.15) is 0 Å². The zero-order valence-electron chi connectivity index (χ0n) is 16.4. The lowest BCUT2D eigenvalue weighted by Crippen LogP contribution is -2.06. The molecule has 0 saturated carbocycles. The molecule has 5 nitrogen and oxygen atoms in total. The summed E-state index contributed by atoms with van der Waals surface area (Å²) >= 11 is 0. The molecule has 0 aliphatic rings. The second-order valence-electron chi connectivity index (χ2n) is 7.11. The molecule has 0 aliphatic heterocycles. The first kappa shape index (κ1) is 19.7. The predicted octanol–water partition coefficient (Wildman–Crippen LogP) is 5.42. The molecule has 32 heavy (non-hydrogen) atoms. The number of benzene rings is 3. The van der Waals surface area contributed by atoms with Crippen molar-refractivity contribution in [2.24, 2.45) is 0 Å². The van der Waals surface area contributed by atoms with Crippen LogP contribution in [0, 0.1) is 11.6 Å². The Kier molecular flexibility index (Phi) is 4.78. The Morgan fingerprint density at radius 3 is 2.34 bits per heavy atom. The van der Waals surface area contributed by atoms with Gasteiger partial charge in [0.1, 0.15) is 35.2 Å². The third kappa shape index (κ3) is 3.54. The lowest BCUT2D eigenvalue weighted by Gasteiger charge is -2.10. The van der Waals surface area contributed by atoms with Crippen LogP contribution in [0.1, 0.15) is 5.56 Å². The first-order valence-electron chi connectivity index (χ1n) is 9.66. The molecule has 0 bridgehead atoms. The van der Waals surface area contributed by atoms with E-state index in [0.29, 0.717) is 21.9 Å². The van der Waals surface area contributed by atoms with Gasteiger partial charge in [-0.3, -0.25) is 0 Å². The minimum absolute atomic E-state index is 0.159. The zero-order chi connectivity index (χ0) is 22.2. The smallest absolute Gasteiger partial charge is 0.344 e. The summed E-state index contributed by atoms with van der Waals surface area (Å²) in [5.41, 5.74) is -0.317. The Bertz CT molecular complexity index is 1580. The molecule has 0 unspecified atom stereocenters. The Morgan fingerprint density at radius 2 is 1.53 bits per heavy atom. The van der Waals surface area contributed by atoms with Crippen molar-refractivity contribution in [1.29, 1.82) is 0 Å². The minimum atomic E-state index is -0.720. The van der Waals surface area contributed by atoms with Gasteiger partial charge in [-0.25, -0.2) is 18.4 Å². The van der Waals surface area contributed by atoms with Gasteiger partial charge in [0, 0.05) is 28.5 Å². The van der Waals surface area contributed by atoms with Crippen LogP contribution in [0.25, 0.3) is 33.1 Å². The number of halogens is 2. The third-order valence-corrected chi connectivity index (χ3v) is 5.09. The van der Waals surface area contributed by atoms with Crippen LogP contribution in [0.15, 0.2) is 91.2 Å². The largest absolute Gasteiger partial charge is 0.489 e. The van der Waals surface area contributed by atoms with Crippen LogP contribution in [-0.2, 0) is 6.61 Å². The number of para-hydroxylation sites is 1. The highest BCUT2D eigenvalue weighted by Gasteiger charge is 2.15. The fourth-order valence-corrected chi connectivity index (χ4v) is 3.53. The monoisotopic (exact) mass is 432 g/mol. The summed E-state index contributed by atoms with van der Waals surface area (Å²) in [4.78, 5) is 24.8. The molecule has 0 saturated heterocycles. The number of hydrogen-bond donors (Lipinski definition) is 0. The average molecular weight is 432 g/mol. The highest BCUT2D eigenvalue weighted by Crippen LogP contribution is 2.30. The molecule has 0 amide bonds. The predicted molar refractivity (Wildman–Crippen MR) is 115 cm³/mol. The van der Waals surface area contributed by atoms with E-state index in [9.17, 15) is 18.4 Å². The first-order chi connectivity index (χ1) is 15.5. The maximum atomic E-state index is 13.8. The number of rotatable bonds is 4. The van der Waals surface area contributed by atoms with Gasteiger partial charge in [-0.1, -0.05) is 24.3 Å². The highest BCUT2D eigenvalue weighted by molar-refractivity contribution is 5.95. The van der Waals surface area contributed by atoms with E-state index in [4.69, 9.17) is 13.6 Å². The van der Waals surface area contributed by atoms with Crippen LogP contribution in [0.4, 0.5) is 8.78 Å². The molecule has 0 fully saturated rings.